The van der Waals surface area contributed by atoms with Crippen molar-refractivity contribution < 1.29 is 0 Å². The zero-order chi connectivity index (χ0) is 11.4. The van der Waals surface area contributed by atoms with Gasteiger partial charge in [0.05, 0.1) is 0 Å². The van der Waals surface area contributed by atoms with Crippen LogP contribution < -0.4 is 5.32 Å². The summed E-state index contributed by atoms with van der Waals surface area (Å²) in [6.45, 7) is 8.87. The molecule has 2 aliphatic heterocycles. The first kappa shape index (κ1) is 12.3. The number of piperazine rings is 1. The molecule has 0 radical (unpaired) electrons. The molecule has 0 saturated carbocycles. The number of rotatable bonds is 5. The topological polar surface area (TPSA) is 18.5 Å². The van der Waals surface area contributed by atoms with Gasteiger partial charge in [0.25, 0.3) is 0 Å². The summed E-state index contributed by atoms with van der Waals surface area (Å²) >= 11 is 0. The van der Waals surface area contributed by atoms with E-state index in [1.165, 1.54) is 58.4 Å². The summed E-state index contributed by atoms with van der Waals surface area (Å²) in [7, 11) is 2.06. The first-order chi connectivity index (χ1) is 7.79. The molecule has 3 nitrogen and oxygen atoms in total. The van der Waals surface area contributed by atoms with E-state index in [0.29, 0.717) is 6.04 Å². The average molecular weight is 225 g/mol. The van der Waals surface area contributed by atoms with Gasteiger partial charge < -0.3 is 10.2 Å². The normalized spacial score (nSPS) is 29.2. The first-order valence-electron chi connectivity index (χ1n) is 6.93. The number of nitrogens with zero attached hydrogens (tertiary/aromatic N) is 2. The molecule has 0 aromatic heterocycles. The van der Waals surface area contributed by atoms with Crippen LogP contribution in [0.15, 0.2) is 0 Å². The average Bonchev–Trinajstić information content (AvgIpc) is 2.76. The number of nitrogens with one attached hydrogen (secondary N) is 1. The zero-order valence-corrected chi connectivity index (χ0v) is 10.9. The Bertz CT molecular complexity index is 207. The second kappa shape index (κ2) is 5.99. The molecule has 0 bridgehead atoms. The van der Waals surface area contributed by atoms with Crippen LogP contribution in [0.2, 0.25) is 0 Å². The maximum Gasteiger partial charge on any atom is 0.0224 e. The van der Waals surface area contributed by atoms with Gasteiger partial charge in [0.2, 0.25) is 0 Å². The summed E-state index contributed by atoms with van der Waals surface area (Å²) in [5.74, 6) is 0. The number of hydrogen-bond acceptors (Lipinski definition) is 3. The number of fused-ring (bicyclic) bond motifs is 1. The highest BCUT2D eigenvalue weighted by Crippen LogP contribution is 2.21. The summed E-state index contributed by atoms with van der Waals surface area (Å²) in [5.41, 5.74) is 0. The minimum Gasteiger partial charge on any atom is -0.317 e. The summed E-state index contributed by atoms with van der Waals surface area (Å²) in [6.07, 6.45) is 5.51. The summed E-state index contributed by atoms with van der Waals surface area (Å²) < 4.78 is 0. The predicted molar refractivity (Wildman–Crippen MR) is 68.8 cm³/mol. The Hall–Kier alpha value is -0.120. The Balaban J connectivity index is 1.63. The summed E-state index contributed by atoms with van der Waals surface area (Å²) in [4.78, 5) is 5.36. The molecular formula is C13H27N3. The molecule has 0 spiro atoms. The molecule has 2 atom stereocenters. The van der Waals surface area contributed by atoms with Crippen molar-refractivity contribution >= 4 is 0 Å². The van der Waals surface area contributed by atoms with Crippen LogP contribution >= 0.6 is 0 Å². The highest BCUT2D eigenvalue weighted by molar-refractivity contribution is 4.86. The second-order valence-corrected chi connectivity index (χ2v) is 5.46. The Morgan fingerprint density at radius 2 is 2.19 bits per heavy atom. The molecule has 2 unspecified atom stereocenters. The SMILES string of the molecule is CNC(C)CCCN1CCN2CCCC2C1. The van der Waals surface area contributed by atoms with Crippen LogP contribution in [-0.4, -0.2) is 61.7 Å². The highest BCUT2D eigenvalue weighted by Gasteiger charge is 2.29. The van der Waals surface area contributed by atoms with Crippen LogP contribution in [0.4, 0.5) is 0 Å². The van der Waals surface area contributed by atoms with Crippen molar-refractivity contribution in [2.75, 3.05) is 39.8 Å². The van der Waals surface area contributed by atoms with Crippen molar-refractivity contribution in [1.29, 1.82) is 0 Å². The predicted octanol–water partition coefficient (Wildman–Crippen LogP) is 1.15. The fourth-order valence-corrected chi connectivity index (χ4v) is 3.02. The summed E-state index contributed by atoms with van der Waals surface area (Å²) in [6, 6.07) is 1.56. The van der Waals surface area contributed by atoms with Gasteiger partial charge in [-0.2, -0.15) is 0 Å². The fourth-order valence-electron chi connectivity index (χ4n) is 3.02. The molecule has 0 aliphatic carbocycles. The first-order valence-corrected chi connectivity index (χ1v) is 6.93. The van der Waals surface area contributed by atoms with E-state index >= 15 is 0 Å². The van der Waals surface area contributed by atoms with Gasteiger partial charge in [-0.3, -0.25) is 4.90 Å². The van der Waals surface area contributed by atoms with Crippen molar-refractivity contribution in [3.05, 3.63) is 0 Å². The van der Waals surface area contributed by atoms with Gasteiger partial charge in [0, 0.05) is 31.7 Å². The lowest BCUT2D eigenvalue weighted by Gasteiger charge is -2.37. The van der Waals surface area contributed by atoms with Gasteiger partial charge in [-0.1, -0.05) is 0 Å². The van der Waals surface area contributed by atoms with Gasteiger partial charge in [-0.05, 0) is 52.7 Å². The van der Waals surface area contributed by atoms with E-state index in [-0.39, 0.29) is 0 Å². The molecule has 2 rings (SSSR count). The largest absolute Gasteiger partial charge is 0.317 e. The van der Waals surface area contributed by atoms with E-state index in [1.807, 2.05) is 0 Å². The zero-order valence-electron chi connectivity index (χ0n) is 10.9. The van der Waals surface area contributed by atoms with E-state index in [1.54, 1.807) is 0 Å². The molecule has 0 aromatic carbocycles. The molecule has 2 heterocycles. The second-order valence-electron chi connectivity index (χ2n) is 5.46. The molecule has 0 aromatic rings. The third kappa shape index (κ3) is 3.19. The Morgan fingerprint density at radius 3 is 3.00 bits per heavy atom. The van der Waals surface area contributed by atoms with Gasteiger partial charge >= 0.3 is 0 Å². The van der Waals surface area contributed by atoms with Gasteiger partial charge in [0.1, 0.15) is 0 Å². The molecule has 94 valence electrons. The van der Waals surface area contributed by atoms with Crippen LogP contribution in [-0.2, 0) is 0 Å². The maximum absolute atomic E-state index is 3.31. The van der Waals surface area contributed by atoms with Crippen LogP contribution in [0.5, 0.6) is 0 Å². The molecule has 2 fully saturated rings. The lowest BCUT2D eigenvalue weighted by atomic mass is 10.1. The minimum absolute atomic E-state index is 0.674. The van der Waals surface area contributed by atoms with Crippen molar-refractivity contribution in [3.8, 4) is 0 Å². The number of hydrogen-bond donors (Lipinski definition) is 1. The van der Waals surface area contributed by atoms with E-state index in [9.17, 15) is 0 Å². The molecule has 1 N–H and O–H groups in total. The van der Waals surface area contributed by atoms with Crippen LogP contribution in [0.3, 0.4) is 0 Å². The summed E-state index contributed by atoms with van der Waals surface area (Å²) in [5, 5.41) is 3.31. The van der Waals surface area contributed by atoms with E-state index in [0.717, 1.165) is 6.04 Å². The lowest BCUT2D eigenvalue weighted by Crippen LogP contribution is -2.50. The smallest absolute Gasteiger partial charge is 0.0224 e. The van der Waals surface area contributed by atoms with Gasteiger partial charge in [0.15, 0.2) is 0 Å². The van der Waals surface area contributed by atoms with Crippen molar-refractivity contribution in [2.24, 2.45) is 0 Å². The minimum atomic E-state index is 0.674. The molecule has 3 heteroatoms. The Labute approximate surface area is 100 Å². The third-order valence-electron chi connectivity index (χ3n) is 4.28. The van der Waals surface area contributed by atoms with E-state index < -0.39 is 0 Å². The van der Waals surface area contributed by atoms with E-state index in [2.05, 4.69) is 29.1 Å². The van der Waals surface area contributed by atoms with Crippen LogP contribution in [0.1, 0.15) is 32.6 Å². The maximum atomic E-state index is 3.31. The molecule has 2 saturated heterocycles. The Kier molecular flexibility index (Phi) is 4.62. The molecular weight excluding hydrogens is 198 g/mol. The van der Waals surface area contributed by atoms with Crippen molar-refractivity contribution in [1.82, 2.24) is 15.1 Å². The molecule has 16 heavy (non-hydrogen) atoms. The molecule has 0 amide bonds. The van der Waals surface area contributed by atoms with Crippen LogP contribution in [0, 0.1) is 0 Å². The van der Waals surface area contributed by atoms with Crippen molar-refractivity contribution in [2.45, 2.75) is 44.7 Å². The highest BCUT2D eigenvalue weighted by atomic mass is 15.3. The standard InChI is InChI=1S/C13H27N3/c1-12(14-2)5-3-7-15-9-10-16-8-4-6-13(16)11-15/h12-14H,3-11H2,1-2H3. The fraction of sp³-hybridized carbons (Fsp3) is 1.00. The van der Waals surface area contributed by atoms with E-state index in [4.69, 9.17) is 0 Å². The van der Waals surface area contributed by atoms with Crippen molar-refractivity contribution in [3.63, 3.8) is 0 Å². The lowest BCUT2D eigenvalue weighted by molar-refractivity contribution is 0.103. The third-order valence-corrected chi connectivity index (χ3v) is 4.28. The Morgan fingerprint density at radius 1 is 1.31 bits per heavy atom. The van der Waals surface area contributed by atoms with Gasteiger partial charge in [-0.15, -0.1) is 0 Å². The van der Waals surface area contributed by atoms with Crippen LogP contribution in [0.25, 0.3) is 0 Å². The monoisotopic (exact) mass is 225 g/mol. The van der Waals surface area contributed by atoms with Gasteiger partial charge in [-0.25, -0.2) is 0 Å². The molecule has 2 aliphatic rings. The quantitative estimate of drug-likeness (QED) is 0.757.